The molecule has 0 aliphatic heterocycles. The van der Waals surface area contributed by atoms with Gasteiger partial charge in [0.05, 0.1) is 13.0 Å². The van der Waals surface area contributed by atoms with Gasteiger partial charge in [0.25, 0.3) is 0 Å². The predicted molar refractivity (Wildman–Crippen MR) is 78.8 cm³/mol. The highest BCUT2D eigenvalue weighted by Gasteiger charge is 2.56. The number of ether oxygens (including phenoxy) is 1. The molecule has 6 atom stereocenters. The summed E-state index contributed by atoms with van der Waals surface area (Å²) in [5.74, 6) is 1.49. The van der Waals surface area contributed by atoms with Crippen LogP contribution in [0.5, 0.6) is 0 Å². The third kappa shape index (κ3) is 2.67. The maximum Gasteiger partial charge on any atom is 0.333 e. The number of carbonyl (C=O) groups excluding carboxylic acids is 1. The van der Waals surface area contributed by atoms with Gasteiger partial charge in [0.15, 0.2) is 0 Å². The summed E-state index contributed by atoms with van der Waals surface area (Å²) in [6, 6.07) is 0. The number of carboxylic acids is 1. The minimum absolute atomic E-state index is 0.0180. The van der Waals surface area contributed by atoms with Crippen molar-refractivity contribution >= 4 is 11.9 Å². The molecule has 0 amide bonds. The molecule has 2 bridgehead atoms. The van der Waals surface area contributed by atoms with Crippen LogP contribution in [0.1, 0.15) is 32.1 Å². The zero-order chi connectivity index (χ0) is 15.9. The van der Waals surface area contributed by atoms with Crippen LogP contribution in [0.4, 0.5) is 0 Å². The molecule has 122 valence electrons. The lowest BCUT2D eigenvalue weighted by molar-refractivity contribution is -0.144. The van der Waals surface area contributed by atoms with E-state index in [0.717, 1.165) is 18.3 Å². The lowest BCUT2D eigenvalue weighted by Crippen LogP contribution is -2.29. The monoisotopic (exact) mass is 308 g/mol. The number of hydrogen-bond donors (Lipinski definition) is 2. The molecule has 0 aromatic rings. The summed E-state index contributed by atoms with van der Waals surface area (Å²) >= 11 is 0. The number of aliphatic hydroxyl groups excluding tert-OH is 1. The highest BCUT2D eigenvalue weighted by Crippen LogP contribution is 2.62. The molecule has 5 heteroatoms. The number of aliphatic carboxylic acids is 1. The molecule has 3 fully saturated rings. The lowest BCUT2D eigenvalue weighted by Gasteiger charge is -2.29. The second kappa shape index (κ2) is 6.03. The van der Waals surface area contributed by atoms with Crippen LogP contribution in [0.15, 0.2) is 12.2 Å². The maximum atomic E-state index is 11.8. The summed E-state index contributed by atoms with van der Waals surface area (Å²) in [6.07, 6.45) is 4.53. The first-order valence-corrected chi connectivity index (χ1v) is 8.18. The third-order valence-corrected chi connectivity index (χ3v) is 6.13. The quantitative estimate of drug-likeness (QED) is 0.578. The van der Waals surface area contributed by atoms with E-state index in [9.17, 15) is 14.7 Å². The summed E-state index contributed by atoms with van der Waals surface area (Å²) in [6.45, 7) is 3.91. The highest BCUT2D eigenvalue weighted by atomic mass is 16.5. The largest absolute Gasteiger partial charge is 0.481 e. The number of esters is 1. The third-order valence-electron chi connectivity index (χ3n) is 6.13. The summed E-state index contributed by atoms with van der Waals surface area (Å²) in [4.78, 5) is 22.4. The number of carbonyl (C=O) groups is 2. The summed E-state index contributed by atoms with van der Waals surface area (Å²) in [5.41, 5.74) is -0.0180. The molecule has 3 aliphatic carbocycles. The van der Waals surface area contributed by atoms with E-state index in [1.807, 2.05) is 0 Å². The van der Waals surface area contributed by atoms with Gasteiger partial charge in [-0.25, -0.2) is 4.79 Å². The van der Waals surface area contributed by atoms with Crippen molar-refractivity contribution in [1.29, 1.82) is 0 Å². The van der Waals surface area contributed by atoms with Crippen LogP contribution in [0.3, 0.4) is 0 Å². The highest BCUT2D eigenvalue weighted by molar-refractivity contribution is 5.92. The molecular formula is C17H24O5. The molecule has 0 spiro atoms. The predicted octanol–water partition coefficient (Wildman–Crippen LogP) is 1.85. The number of aliphatic hydroxyl groups is 1. The van der Waals surface area contributed by atoms with Gasteiger partial charge in [-0.05, 0) is 55.3 Å². The van der Waals surface area contributed by atoms with E-state index < -0.39 is 11.9 Å². The van der Waals surface area contributed by atoms with Crippen molar-refractivity contribution in [2.24, 2.45) is 35.5 Å². The molecule has 0 heterocycles. The van der Waals surface area contributed by atoms with Crippen LogP contribution in [-0.2, 0) is 14.3 Å². The smallest absolute Gasteiger partial charge is 0.333 e. The molecule has 0 aromatic carbocycles. The summed E-state index contributed by atoms with van der Waals surface area (Å²) < 4.78 is 5.32. The SMILES string of the molecule is C=C(CC(=O)O)C(=O)OCC1C(CO)CC2C3CCC(C3)C12. The Morgan fingerprint density at radius 3 is 2.59 bits per heavy atom. The molecule has 0 saturated heterocycles. The summed E-state index contributed by atoms with van der Waals surface area (Å²) in [7, 11) is 0. The number of hydrogen-bond acceptors (Lipinski definition) is 4. The van der Waals surface area contributed by atoms with Crippen molar-refractivity contribution in [3.05, 3.63) is 12.2 Å². The zero-order valence-electron chi connectivity index (χ0n) is 12.7. The van der Waals surface area contributed by atoms with Crippen LogP contribution in [0.25, 0.3) is 0 Å². The van der Waals surface area contributed by atoms with E-state index in [1.165, 1.54) is 19.3 Å². The Labute approximate surface area is 130 Å². The van der Waals surface area contributed by atoms with Crippen LogP contribution in [-0.4, -0.2) is 35.4 Å². The topological polar surface area (TPSA) is 83.8 Å². The average Bonchev–Trinajstić information content (AvgIpc) is 3.15. The van der Waals surface area contributed by atoms with E-state index in [-0.39, 0.29) is 37.0 Å². The van der Waals surface area contributed by atoms with Crippen LogP contribution in [0, 0.1) is 35.5 Å². The van der Waals surface area contributed by atoms with Gasteiger partial charge in [-0.15, -0.1) is 0 Å². The standard InChI is InChI=1S/C17H24O5/c1-9(4-15(19)20)17(21)22-8-14-12(7-18)6-13-10-2-3-11(5-10)16(13)14/h10-14,16,18H,1-8H2,(H,19,20). The fourth-order valence-corrected chi connectivity index (χ4v) is 5.30. The Morgan fingerprint density at radius 1 is 1.18 bits per heavy atom. The van der Waals surface area contributed by atoms with Crippen LogP contribution < -0.4 is 0 Å². The van der Waals surface area contributed by atoms with E-state index in [1.54, 1.807) is 0 Å². The van der Waals surface area contributed by atoms with Gasteiger partial charge in [-0.1, -0.05) is 6.58 Å². The first-order valence-electron chi connectivity index (χ1n) is 8.18. The molecule has 0 radical (unpaired) electrons. The Bertz CT molecular complexity index is 485. The molecule has 6 unspecified atom stereocenters. The first kappa shape index (κ1) is 15.5. The maximum absolute atomic E-state index is 11.8. The number of rotatable bonds is 6. The fraction of sp³-hybridized carbons (Fsp3) is 0.765. The first-order chi connectivity index (χ1) is 10.5. The molecule has 3 rings (SSSR count). The van der Waals surface area contributed by atoms with Crippen molar-refractivity contribution in [3.8, 4) is 0 Å². The van der Waals surface area contributed by atoms with Crippen molar-refractivity contribution < 1.29 is 24.5 Å². The van der Waals surface area contributed by atoms with E-state index in [2.05, 4.69) is 6.58 Å². The van der Waals surface area contributed by atoms with Crippen molar-refractivity contribution in [1.82, 2.24) is 0 Å². The van der Waals surface area contributed by atoms with E-state index >= 15 is 0 Å². The van der Waals surface area contributed by atoms with Gasteiger partial charge >= 0.3 is 11.9 Å². The molecule has 5 nitrogen and oxygen atoms in total. The van der Waals surface area contributed by atoms with Gasteiger partial charge < -0.3 is 14.9 Å². The van der Waals surface area contributed by atoms with Crippen molar-refractivity contribution in [2.75, 3.05) is 13.2 Å². The van der Waals surface area contributed by atoms with E-state index in [0.29, 0.717) is 11.8 Å². The van der Waals surface area contributed by atoms with Gasteiger partial charge in [-0.3, -0.25) is 4.79 Å². The Kier molecular flexibility index (Phi) is 4.26. The Morgan fingerprint density at radius 2 is 1.91 bits per heavy atom. The molecule has 3 saturated carbocycles. The Hall–Kier alpha value is -1.36. The van der Waals surface area contributed by atoms with Crippen LogP contribution in [0.2, 0.25) is 0 Å². The minimum Gasteiger partial charge on any atom is -0.481 e. The van der Waals surface area contributed by atoms with Crippen molar-refractivity contribution in [3.63, 3.8) is 0 Å². The van der Waals surface area contributed by atoms with Gasteiger partial charge in [-0.2, -0.15) is 0 Å². The normalized spacial score (nSPS) is 38.8. The molecule has 3 aliphatic rings. The molecule has 2 N–H and O–H groups in total. The zero-order valence-corrected chi connectivity index (χ0v) is 12.7. The van der Waals surface area contributed by atoms with Gasteiger partial charge in [0.2, 0.25) is 0 Å². The van der Waals surface area contributed by atoms with Gasteiger partial charge in [0, 0.05) is 18.1 Å². The number of fused-ring (bicyclic) bond motifs is 5. The van der Waals surface area contributed by atoms with Crippen LogP contribution >= 0.6 is 0 Å². The molecule has 22 heavy (non-hydrogen) atoms. The molecular weight excluding hydrogens is 284 g/mol. The fourth-order valence-electron chi connectivity index (χ4n) is 5.30. The van der Waals surface area contributed by atoms with Crippen molar-refractivity contribution in [2.45, 2.75) is 32.1 Å². The molecule has 0 aromatic heterocycles. The van der Waals surface area contributed by atoms with Gasteiger partial charge in [0.1, 0.15) is 0 Å². The second-order valence-corrected chi connectivity index (χ2v) is 7.19. The summed E-state index contributed by atoms with van der Waals surface area (Å²) in [5, 5.41) is 18.3. The second-order valence-electron chi connectivity index (χ2n) is 7.19. The lowest BCUT2D eigenvalue weighted by atomic mass is 9.77. The number of carboxylic acid groups (broad SMARTS) is 1. The Balaban J connectivity index is 1.60. The van der Waals surface area contributed by atoms with E-state index in [4.69, 9.17) is 9.84 Å². The average molecular weight is 308 g/mol. The minimum atomic E-state index is -1.08.